The van der Waals surface area contributed by atoms with E-state index in [0.29, 0.717) is 18.8 Å². The molecule has 0 saturated heterocycles. The van der Waals surface area contributed by atoms with Gasteiger partial charge in [0.05, 0.1) is 12.2 Å². The number of fused-ring (bicyclic) bond motifs is 1. The second kappa shape index (κ2) is 6.84. The van der Waals surface area contributed by atoms with Crippen molar-refractivity contribution in [2.45, 2.75) is 20.4 Å². The molecule has 1 amide bonds. The van der Waals surface area contributed by atoms with Gasteiger partial charge < -0.3 is 14.3 Å². The standard InChI is InChI=1S/C19H20N6O3/c1-12-9-14(13(2)28-12)16-11-24-10-15(22-17(24)19(27)23(16)3)18(26)20-6-8-25-7-4-5-21-25/h4-5,7,9-11H,6,8H2,1-3H3,(H,20,26). The first-order valence-corrected chi connectivity index (χ1v) is 8.86. The minimum Gasteiger partial charge on any atom is -0.466 e. The van der Waals surface area contributed by atoms with E-state index in [9.17, 15) is 9.59 Å². The van der Waals surface area contributed by atoms with Crippen molar-refractivity contribution in [1.29, 1.82) is 0 Å². The first kappa shape index (κ1) is 17.8. The maximum Gasteiger partial charge on any atom is 0.294 e. The maximum atomic E-state index is 12.8. The average molecular weight is 380 g/mol. The van der Waals surface area contributed by atoms with Crippen LogP contribution in [0.2, 0.25) is 0 Å². The first-order valence-electron chi connectivity index (χ1n) is 8.86. The van der Waals surface area contributed by atoms with Gasteiger partial charge in [0.25, 0.3) is 11.5 Å². The number of amides is 1. The van der Waals surface area contributed by atoms with Crippen LogP contribution in [0.5, 0.6) is 0 Å². The van der Waals surface area contributed by atoms with Crippen molar-refractivity contribution in [3.05, 3.63) is 64.5 Å². The molecular formula is C19H20N6O3. The highest BCUT2D eigenvalue weighted by atomic mass is 16.3. The summed E-state index contributed by atoms with van der Waals surface area (Å²) in [6.45, 7) is 4.67. The van der Waals surface area contributed by atoms with Gasteiger partial charge in [-0.2, -0.15) is 5.10 Å². The van der Waals surface area contributed by atoms with Crippen LogP contribution in [0.4, 0.5) is 0 Å². The Hall–Kier alpha value is -3.62. The fraction of sp³-hybridized carbons (Fsp3) is 0.263. The molecule has 0 unspecified atom stereocenters. The zero-order chi connectivity index (χ0) is 19.8. The Kier molecular flexibility index (Phi) is 4.34. The lowest BCUT2D eigenvalue weighted by molar-refractivity contribution is 0.0947. The van der Waals surface area contributed by atoms with E-state index in [2.05, 4.69) is 15.4 Å². The molecule has 0 aliphatic rings. The lowest BCUT2D eigenvalue weighted by Gasteiger charge is -2.07. The van der Waals surface area contributed by atoms with Crippen LogP contribution in [0.1, 0.15) is 22.0 Å². The van der Waals surface area contributed by atoms with Crippen LogP contribution < -0.4 is 10.9 Å². The third kappa shape index (κ3) is 3.11. The van der Waals surface area contributed by atoms with E-state index in [1.807, 2.05) is 32.2 Å². The van der Waals surface area contributed by atoms with Gasteiger partial charge in [0.2, 0.25) is 5.65 Å². The Morgan fingerprint density at radius 3 is 2.79 bits per heavy atom. The number of imidazole rings is 1. The summed E-state index contributed by atoms with van der Waals surface area (Å²) >= 11 is 0. The third-order valence-electron chi connectivity index (χ3n) is 4.59. The second-order valence-corrected chi connectivity index (χ2v) is 6.59. The summed E-state index contributed by atoms with van der Waals surface area (Å²) in [5.41, 5.74) is 1.62. The van der Waals surface area contributed by atoms with Gasteiger partial charge in [-0.1, -0.05) is 0 Å². The molecule has 4 heterocycles. The highest BCUT2D eigenvalue weighted by Gasteiger charge is 2.17. The molecule has 28 heavy (non-hydrogen) atoms. The minimum atomic E-state index is -0.338. The van der Waals surface area contributed by atoms with Gasteiger partial charge in [0, 0.05) is 43.9 Å². The summed E-state index contributed by atoms with van der Waals surface area (Å²) in [6, 6.07) is 3.70. The molecule has 144 valence electrons. The Labute approximate surface area is 160 Å². The molecule has 0 aliphatic heterocycles. The summed E-state index contributed by atoms with van der Waals surface area (Å²) in [7, 11) is 1.68. The summed E-state index contributed by atoms with van der Waals surface area (Å²) in [4.78, 5) is 29.4. The lowest BCUT2D eigenvalue weighted by atomic mass is 10.2. The zero-order valence-corrected chi connectivity index (χ0v) is 15.8. The smallest absolute Gasteiger partial charge is 0.294 e. The fourth-order valence-electron chi connectivity index (χ4n) is 3.18. The van der Waals surface area contributed by atoms with Crippen LogP contribution in [0.15, 0.2) is 46.1 Å². The summed E-state index contributed by atoms with van der Waals surface area (Å²) in [5, 5.41) is 6.87. The maximum absolute atomic E-state index is 12.8. The molecular weight excluding hydrogens is 360 g/mol. The Morgan fingerprint density at radius 1 is 1.29 bits per heavy atom. The number of hydrogen-bond acceptors (Lipinski definition) is 5. The van der Waals surface area contributed by atoms with Crippen LogP contribution in [0.3, 0.4) is 0 Å². The quantitative estimate of drug-likeness (QED) is 0.566. The van der Waals surface area contributed by atoms with Crippen molar-refractivity contribution in [3.8, 4) is 11.3 Å². The van der Waals surface area contributed by atoms with E-state index in [0.717, 1.165) is 17.1 Å². The van der Waals surface area contributed by atoms with Gasteiger partial charge in [-0.05, 0) is 26.0 Å². The number of aryl methyl sites for hydroxylation is 2. The Bertz CT molecular complexity index is 1210. The van der Waals surface area contributed by atoms with Crippen LogP contribution in [0, 0.1) is 13.8 Å². The molecule has 0 bridgehead atoms. The second-order valence-electron chi connectivity index (χ2n) is 6.59. The topological polar surface area (TPSA) is 99.4 Å². The molecule has 0 radical (unpaired) electrons. The van der Waals surface area contributed by atoms with Crippen LogP contribution >= 0.6 is 0 Å². The van der Waals surface area contributed by atoms with Crippen molar-refractivity contribution < 1.29 is 9.21 Å². The van der Waals surface area contributed by atoms with Gasteiger partial charge in [-0.25, -0.2) is 4.98 Å². The summed E-state index contributed by atoms with van der Waals surface area (Å²) in [6.07, 6.45) is 6.84. The highest BCUT2D eigenvalue weighted by Crippen LogP contribution is 2.25. The SMILES string of the molecule is Cc1cc(-c2cn3cc(C(=O)NCCn4cccn4)nc3c(=O)n2C)c(C)o1. The number of aromatic nitrogens is 5. The molecule has 9 heteroatoms. The van der Waals surface area contributed by atoms with Gasteiger partial charge >= 0.3 is 0 Å². The van der Waals surface area contributed by atoms with E-state index in [-0.39, 0.29) is 22.8 Å². The first-order chi connectivity index (χ1) is 13.4. The molecule has 4 aromatic rings. The largest absolute Gasteiger partial charge is 0.466 e. The molecule has 1 N–H and O–H groups in total. The highest BCUT2D eigenvalue weighted by molar-refractivity contribution is 5.92. The number of furan rings is 1. The lowest BCUT2D eigenvalue weighted by Crippen LogP contribution is -2.27. The van der Waals surface area contributed by atoms with Gasteiger partial charge in [-0.3, -0.25) is 18.7 Å². The van der Waals surface area contributed by atoms with E-state index >= 15 is 0 Å². The zero-order valence-electron chi connectivity index (χ0n) is 15.8. The Balaban J connectivity index is 1.63. The molecule has 0 aliphatic carbocycles. The molecule has 4 rings (SSSR count). The third-order valence-corrected chi connectivity index (χ3v) is 4.59. The van der Waals surface area contributed by atoms with Gasteiger partial charge in [0.15, 0.2) is 0 Å². The van der Waals surface area contributed by atoms with E-state index in [4.69, 9.17) is 4.42 Å². The van der Waals surface area contributed by atoms with E-state index < -0.39 is 0 Å². The van der Waals surface area contributed by atoms with Crippen molar-refractivity contribution in [2.24, 2.45) is 7.05 Å². The van der Waals surface area contributed by atoms with Crippen molar-refractivity contribution in [3.63, 3.8) is 0 Å². The normalized spacial score (nSPS) is 11.2. The van der Waals surface area contributed by atoms with Gasteiger partial charge in [0.1, 0.15) is 17.2 Å². The number of rotatable bonds is 5. The predicted molar refractivity (Wildman–Crippen MR) is 102 cm³/mol. The average Bonchev–Trinajstić information content (AvgIpc) is 3.38. The van der Waals surface area contributed by atoms with Crippen molar-refractivity contribution in [1.82, 2.24) is 29.0 Å². The monoisotopic (exact) mass is 380 g/mol. The molecule has 0 spiro atoms. The molecule has 0 aromatic carbocycles. The fourth-order valence-corrected chi connectivity index (χ4v) is 3.18. The molecule has 9 nitrogen and oxygen atoms in total. The predicted octanol–water partition coefficient (Wildman–Crippen LogP) is 1.54. The van der Waals surface area contributed by atoms with Crippen LogP contribution in [-0.4, -0.2) is 36.2 Å². The number of nitrogens with zero attached hydrogens (tertiary/aromatic N) is 5. The summed E-state index contributed by atoms with van der Waals surface area (Å²) in [5.74, 6) is 1.15. The van der Waals surface area contributed by atoms with Crippen molar-refractivity contribution >= 4 is 11.6 Å². The number of hydrogen-bond donors (Lipinski definition) is 1. The molecule has 0 fully saturated rings. The Morgan fingerprint density at radius 2 is 2.11 bits per heavy atom. The summed E-state index contributed by atoms with van der Waals surface area (Å²) < 4.78 is 10.4. The van der Waals surface area contributed by atoms with E-state index in [1.165, 1.54) is 4.57 Å². The van der Waals surface area contributed by atoms with Crippen LogP contribution in [0.25, 0.3) is 16.9 Å². The number of carbonyl (C=O) groups excluding carboxylic acids is 1. The van der Waals surface area contributed by atoms with Crippen molar-refractivity contribution in [2.75, 3.05) is 6.54 Å². The molecule has 4 aromatic heterocycles. The van der Waals surface area contributed by atoms with Crippen LogP contribution in [-0.2, 0) is 13.6 Å². The number of nitrogens with one attached hydrogen (secondary N) is 1. The minimum absolute atomic E-state index is 0.190. The number of carbonyl (C=O) groups is 1. The van der Waals surface area contributed by atoms with E-state index in [1.54, 1.807) is 34.7 Å². The molecule has 0 atom stereocenters. The molecule has 0 saturated carbocycles. The van der Waals surface area contributed by atoms with Gasteiger partial charge in [-0.15, -0.1) is 0 Å².